The van der Waals surface area contributed by atoms with Crippen LogP contribution in [0.15, 0.2) is 36.4 Å². The molecule has 0 spiro atoms. The predicted molar refractivity (Wildman–Crippen MR) is 163 cm³/mol. The summed E-state index contributed by atoms with van der Waals surface area (Å²) >= 11 is 1.21. The molecule has 3 aromatic rings. The minimum absolute atomic E-state index is 0.0826. The summed E-state index contributed by atoms with van der Waals surface area (Å²) in [5.41, 5.74) is 1.34. The topological polar surface area (TPSA) is 53.6 Å². The van der Waals surface area contributed by atoms with Gasteiger partial charge >= 0.3 is 0 Å². The van der Waals surface area contributed by atoms with Crippen molar-refractivity contribution in [2.45, 2.75) is 37.9 Å². The van der Waals surface area contributed by atoms with Gasteiger partial charge in [0.2, 0.25) is 0 Å². The molecule has 222 valence electrons. The number of alkyl halides is 4. The molecule has 1 unspecified atom stereocenters. The molecule has 1 saturated heterocycles. The molecule has 2 heterocycles. The molecule has 11 heteroatoms. The summed E-state index contributed by atoms with van der Waals surface area (Å²) in [5, 5.41) is 7.79. The number of benzene rings is 2. The first-order chi connectivity index (χ1) is 19.6. The zero-order chi connectivity index (χ0) is 29.6. The van der Waals surface area contributed by atoms with Crippen LogP contribution in [-0.2, 0) is 4.57 Å². The summed E-state index contributed by atoms with van der Waals surface area (Å²) in [6, 6.07) is 10.7. The van der Waals surface area contributed by atoms with Gasteiger partial charge in [0.05, 0.1) is 41.3 Å². The highest BCUT2D eigenvalue weighted by atomic mass is 32.1. The highest BCUT2D eigenvalue weighted by Crippen LogP contribution is 2.42. The number of piperidine rings is 1. The first-order valence-corrected chi connectivity index (χ1v) is 17.0. The summed E-state index contributed by atoms with van der Waals surface area (Å²) in [6.07, 6.45) is -3.35. The maximum absolute atomic E-state index is 14.9. The van der Waals surface area contributed by atoms with Gasteiger partial charge in [0.15, 0.2) is 6.17 Å². The van der Waals surface area contributed by atoms with Gasteiger partial charge in [-0.2, -0.15) is 0 Å². The van der Waals surface area contributed by atoms with Crippen molar-refractivity contribution < 1.29 is 26.9 Å². The molecule has 41 heavy (non-hydrogen) atoms. The van der Waals surface area contributed by atoms with E-state index in [2.05, 4.69) is 27.4 Å². The molecule has 4 rings (SSSR count). The second-order valence-corrected chi connectivity index (χ2v) is 14.7. The number of nitrogens with one attached hydrogen (secondary N) is 2. The minimum Gasteiger partial charge on any atom is -0.495 e. The number of hydrogen-bond donors (Lipinski definition) is 2. The summed E-state index contributed by atoms with van der Waals surface area (Å²) < 4.78 is 73.2. The summed E-state index contributed by atoms with van der Waals surface area (Å²) in [7, 11) is -0.945. The van der Waals surface area contributed by atoms with Crippen LogP contribution < -0.4 is 20.7 Å². The molecular weight excluding hydrogens is 573 g/mol. The van der Waals surface area contributed by atoms with E-state index in [0.29, 0.717) is 33.2 Å². The Morgan fingerprint density at radius 2 is 1.90 bits per heavy atom. The zero-order valence-corrected chi connectivity index (χ0v) is 25.2. The van der Waals surface area contributed by atoms with Crippen molar-refractivity contribution in [2.75, 3.05) is 63.9 Å². The lowest BCUT2D eigenvalue weighted by Gasteiger charge is -2.32. The van der Waals surface area contributed by atoms with Crippen molar-refractivity contribution in [1.82, 2.24) is 4.90 Å². The second kappa shape index (κ2) is 14.0. The van der Waals surface area contributed by atoms with Gasteiger partial charge in [-0.05, 0) is 56.9 Å². The molecule has 0 aliphatic carbocycles. The molecular formula is C30H36F4N3O2PS. The Hall–Kier alpha value is -2.73. The van der Waals surface area contributed by atoms with Crippen LogP contribution in [0.2, 0.25) is 0 Å². The van der Waals surface area contributed by atoms with Gasteiger partial charge in [0.1, 0.15) is 12.9 Å². The maximum Gasteiger partial charge on any atom is 0.273 e. The zero-order valence-electron chi connectivity index (χ0n) is 23.5. The van der Waals surface area contributed by atoms with Crippen LogP contribution >= 0.6 is 18.5 Å². The molecule has 1 atom stereocenters. The Morgan fingerprint density at radius 3 is 2.56 bits per heavy atom. The second-order valence-electron chi connectivity index (χ2n) is 10.5. The van der Waals surface area contributed by atoms with E-state index in [1.807, 2.05) is 6.07 Å². The molecule has 1 aliphatic heterocycles. The standard InChI is InChI=1S/C30H36F4N3O2PS/c1-39-25-19-21(40(2,3)38)10-11-23(25)35-15-5-9-26-27(28(32)30(33)34)22-7-4-8-24(29(22)41-26)36-20-12-17-37(18-13-20)16-6-14-31/h4,7-8,10-11,19-20,28,30,35-36H,6,12-18H2,1-3H3. The number of fused-ring (bicyclic) bond motifs is 1. The monoisotopic (exact) mass is 609 g/mol. The van der Waals surface area contributed by atoms with E-state index in [1.54, 1.807) is 43.7 Å². The Kier molecular flexibility index (Phi) is 10.6. The average Bonchev–Trinajstić information content (AvgIpc) is 3.33. The predicted octanol–water partition coefficient (Wildman–Crippen LogP) is 7.13. The fourth-order valence-corrected chi connectivity index (χ4v) is 7.02. The third kappa shape index (κ3) is 7.77. The number of rotatable bonds is 11. The summed E-state index contributed by atoms with van der Waals surface area (Å²) in [4.78, 5) is 2.51. The lowest BCUT2D eigenvalue weighted by atomic mass is 10.0. The van der Waals surface area contributed by atoms with E-state index in [1.165, 1.54) is 18.4 Å². The Morgan fingerprint density at radius 1 is 1.15 bits per heavy atom. The van der Waals surface area contributed by atoms with Gasteiger partial charge in [-0.3, -0.25) is 4.39 Å². The van der Waals surface area contributed by atoms with Crippen molar-refractivity contribution in [1.29, 1.82) is 0 Å². The van der Waals surface area contributed by atoms with E-state index < -0.39 is 19.7 Å². The van der Waals surface area contributed by atoms with Gasteiger partial charge < -0.3 is 24.8 Å². The number of thiophene rings is 1. The van der Waals surface area contributed by atoms with Gasteiger partial charge in [-0.25, -0.2) is 13.2 Å². The van der Waals surface area contributed by atoms with Crippen molar-refractivity contribution in [3.63, 3.8) is 0 Å². The molecule has 5 nitrogen and oxygen atoms in total. The van der Waals surface area contributed by atoms with E-state index in [0.717, 1.165) is 38.2 Å². The van der Waals surface area contributed by atoms with Crippen LogP contribution in [0.5, 0.6) is 5.75 Å². The molecule has 1 aliphatic rings. The highest BCUT2D eigenvalue weighted by Gasteiger charge is 2.29. The van der Waals surface area contributed by atoms with E-state index in [-0.39, 0.29) is 29.7 Å². The average molecular weight is 610 g/mol. The van der Waals surface area contributed by atoms with Crippen LogP contribution in [0.1, 0.15) is 35.9 Å². The van der Waals surface area contributed by atoms with E-state index in [9.17, 15) is 22.1 Å². The highest BCUT2D eigenvalue weighted by molar-refractivity contribution is 7.70. The maximum atomic E-state index is 14.9. The van der Waals surface area contributed by atoms with E-state index >= 15 is 0 Å². The molecule has 1 aromatic heterocycles. The molecule has 2 N–H and O–H groups in total. The first-order valence-electron chi connectivity index (χ1n) is 13.6. The first kappa shape index (κ1) is 31.2. The molecule has 0 radical (unpaired) electrons. The largest absolute Gasteiger partial charge is 0.495 e. The lowest BCUT2D eigenvalue weighted by molar-refractivity contribution is 0.0504. The van der Waals surface area contributed by atoms with Crippen LogP contribution in [0.4, 0.5) is 28.9 Å². The number of halogens is 4. The third-order valence-corrected chi connectivity index (χ3v) is 9.87. The van der Waals surface area contributed by atoms with Gasteiger partial charge in [-0.15, -0.1) is 11.3 Å². The molecule has 2 aromatic carbocycles. The minimum atomic E-state index is -3.17. The number of hydrogen-bond acceptors (Lipinski definition) is 6. The third-order valence-electron chi connectivity index (χ3n) is 7.18. The van der Waals surface area contributed by atoms with Crippen LogP contribution in [0.25, 0.3) is 10.1 Å². The Balaban J connectivity index is 1.55. The number of anilines is 2. The van der Waals surface area contributed by atoms with Crippen LogP contribution in [0.3, 0.4) is 0 Å². The smallest absolute Gasteiger partial charge is 0.273 e. The lowest BCUT2D eigenvalue weighted by Crippen LogP contribution is -2.39. The number of methoxy groups -OCH3 is 1. The molecule has 1 fully saturated rings. The fraction of sp³-hybridized carbons (Fsp3) is 0.467. The van der Waals surface area contributed by atoms with E-state index in [4.69, 9.17) is 4.74 Å². The van der Waals surface area contributed by atoms with Gasteiger partial charge in [0.25, 0.3) is 6.43 Å². The molecule has 0 amide bonds. The van der Waals surface area contributed by atoms with Crippen LogP contribution in [-0.4, -0.2) is 70.7 Å². The van der Waals surface area contributed by atoms with Crippen LogP contribution in [0, 0.1) is 11.8 Å². The Labute approximate surface area is 243 Å². The summed E-state index contributed by atoms with van der Waals surface area (Å²) in [6.45, 7) is 5.66. The molecule has 0 bridgehead atoms. The molecule has 0 saturated carbocycles. The van der Waals surface area contributed by atoms with Crippen molar-refractivity contribution in [2.24, 2.45) is 0 Å². The fourth-order valence-electron chi connectivity index (χ4n) is 4.97. The Bertz CT molecular complexity index is 1440. The van der Waals surface area contributed by atoms with Gasteiger partial charge in [0, 0.05) is 41.9 Å². The van der Waals surface area contributed by atoms with Crippen molar-refractivity contribution in [3.05, 3.63) is 46.8 Å². The quantitative estimate of drug-likeness (QED) is 0.138. The van der Waals surface area contributed by atoms with Gasteiger partial charge in [-0.1, -0.05) is 24.0 Å². The number of nitrogens with zero attached hydrogens (tertiary/aromatic N) is 1. The van der Waals surface area contributed by atoms with Crippen molar-refractivity contribution in [3.8, 4) is 17.6 Å². The SMILES string of the molecule is COc1cc(P(C)(C)=O)ccc1NCC#Cc1sc2c(NC3CCN(CCCF)CC3)cccc2c1C(F)C(F)F. The summed E-state index contributed by atoms with van der Waals surface area (Å²) in [5.74, 6) is 6.37. The normalized spacial score (nSPS) is 15.5. The van der Waals surface area contributed by atoms with Crippen molar-refractivity contribution >= 4 is 45.2 Å². The number of ether oxygens (including phenoxy) is 1. The number of likely N-dealkylation sites (tertiary alicyclic amines) is 1.